The average molecular weight is 181 g/mol. The molecular formula is C8H11N3O2. The van der Waals surface area contributed by atoms with E-state index in [-0.39, 0.29) is 24.3 Å². The van der Waals surface area contributed by atoms with Crippen LogP contribution in [0.3, 0.4) is 0 Å². The standard InChI is InChI=1S/C8H11N3O2/c1-10(2)7(12)3-8(13)11-5-6(11)4-9/h6H,3,5H2,1-2H3. The molecule has 0 bridgehead atoms. The van der Waals surface area contributed by atoms with Gasteiger partial charge in [-0.3, -0.25) is 9.59 Å². The zero-order valence-electron chi connectivity index (χ0n) is 7.65. The molecule has 1 saturated heterocycles. The third kappa shape index (κ3) is 2.18. The van der Waals surface area contributed by atoms with E-state index in [0.717, 1.165) is 0 Å². The first-order valence-electron chi connectivity index (χ1n) is 3.95. The molecule has 1 aliphatic rings. The molecule has 5 nitrogen and oxygen atoms in total. The number of hydrogen-bond donors (Lipinski definition) is 0. The van der Waals surface area contributed by atoms with Crippen molar-refractivity contribution in [2.75, 3.05) is 20.6 Å². The lowest BCUT2D eigenvalue weighted by molar-refractivity contribution is -0.136. The van der Waals surface area contributed by atoms with Crippen LogP contribution in [0.15, 0.2) is 0 Å². The molecule has 1 unspecified atom stereocenters. The van der Waals surface area contributed by atoms with Gasteiger partial charge in [-0.05, 0) is 0 Å². The zero-order chi connectivity index (χ0) is 10.0. The lowest BCUT2D eigenvalue weighted by atomic mass is 10.3. The van der Waals surface area contributed by atoms with Crippen LogP contribution in [0.2, 0.25) is 0 Å². The van der Waals surface area contributed by atoms with E-state index in [0.29, 0.717) is 6.54 Å². The molecule has 0 N–H and O–H groups in total. The van der Waals surface area contributed by atoms with Crippen LogP contribution < -0.4 is 0 Å². The first kappa shape index (κ1) is 9.52. The van der Waals surface area contributed by atoms with Gasteiger partial charge in [-0.2, -0.15) is 5.26 Å². The average Bonchev–Trinajstić information content (AvgIpc) is 2.82. The second-order valence-corrected chi connectivity index (χ2v) is 3.16. The van der Waals surface area contributed by atoms with Gasteiger partial charge in [0.25, 0.3) is 0 Å². The molecule has 1 atom stereocenters. The van der Waals surface area contributed by atoms with Gasteiger partial charge in [-0.1, -0.05) is 0 Å². The van der Waals surface area contributed by atoms with Crippen LogP contribution in [0.5, 0.6) is 0 Å². The molecule has 13 heavy (non-hydrogen) atoms. The fourth-order valence-electron chi connectivity index (χ4n) is 0.914. The van der Waals surface area contributed by atoms with Gasteiger partial charge in [-0.15, -0.1) is 0 Å². The van der Waals surface area contributed by atoms with E-state index in [4.69, 9.17) is 5.26 Å². The lowest BCUT2D eigenvalue weighted by Gasteiger charge is -2.09. The molecule has 1 rings (SSSR count). The van der Waals surface area contributed by atoms with E-state index in [2.05, 4.69) is 0 Å². The van der Waals surface area contributed by atoms with Crippen molar-refractivity contribution in [3.8, 4) is 6.07 Å². The molecule has 0 spiro atoms. The maximum Gasteiger partial charge on any atom is 0.233 e. The molecule has 1 aliphatic heterocycles. The van der Waals surface area contributed by atoms with Crippen LogP contribution >= 0.6 is 0 Å². The van der Waals surface area contributed by atoms with Crippen LogP contribution in [0.1, 0.15) is 6.42 Å². The Labute approximate surface area is 76.5 Å². The van der Waals surface area contributed by atoms with Crippen molar-refractivity contribution in [2.45, 2.75) is 12.5 Å². The molecule has 0 aromatic heterocycles. The first-order chi connectivity index (χ1) is 6.06. The third-order valence-corrected chi connectivity index (χ3v) is 1.88. The summed E-state index contributed by atoms with van der Waals surface area (Å²) < 4.78 is 0. The topological polar surface area (TPSA) is 64.2 Å². The normalized spacial score (nSPS) is 19.2. The Morgan fingerprint density at radius 3 is 2.62 bits per heavy atom. The summed E-state index contributed by atoms with van der Waals surface area (Å²) in [7, 11) is 3.19. The van der Waals surface area contributed by atoms with Gasteiger partial charge in [0.15, 0.2) is 0 Å². The van der Waals surface area contributed by atoms with E-state index < -0.39 is 0 Å². The Hall–Kier alpha value is -1.57. The Bertz CT molecular complexity index is 280. The zero-order valence-corrected chi connectivity index (χ0v) is 7.65. The van der Waals surface area contributed by atoms with Gasteiger partial charge in [0.05, 0.1) is 12.6 Å². The number of nitrogens with zero attached hydrogens (tertiary/aromatic N) is 3. The highest BCUT2D eigenvalue weighted by atomic mass is 16.2. The van der Waals surface area contributed by atoms with Gasteiger partial charge in [-0.25, -0.2) is 0 Å². The molecule has 0 saturated carbocycles. The second-order valence-electron chi connectivity index (χ2n) is 3.16. The minimum atomic E-state index is -0.303. The second kappa shape index (κ2) is 3.44. The highest BCUT2D eigenvalue weighted by Gasteiger charge is 2.38. The minimum absolute atomic E-state index is 0.134. The molecule has 5 heteroatoms. The van der Waals surface area contributed by atoms with Crippen LogP contribution in [-0.4, -0.2) is 48.3 Å². The molecule has 2 amide bonds. The van der Waals surface area contributed by atoms with Crippen molar-refractivity contribution >= 4 is 11.8 Å². The van der Waals surface area contributed by atoms with E-state index >= 15 is 0 Å². The number of rotatable bonds is 2. The number of carbonyl (C=O) groups is 2. The number of amides is 2. The number of nitriles is 1. The summed E-state index contributed by atoms with van der Waals surface area (Å²) in [6.45, 7) is 0.468. The van der Waals surface area contributed by atoms with E-state index in [1.807, 2.05) is 6.07 Å². The Kier molecular flexibility index (Phi) is 2.52. The summed E-state index contributed by atoms with van der Waals surface area (Å²) in [6, 6.07) is 1.65. The quantitative estimate of drug-likeness (QED) is 0.414. The molecule has 1 heterocycles. The highest BCUT2D eigenvalue weighted by Crippen LogP contribution is 2.17. The van der Waals surface area contributed by atoms with Crippen LogP contribution in [0, 0.1) is 11.3 Å². The molecule has 1 fully saturated rings. The van der Waals surface area contributed by atoms with Crippen molar-refractivity contribution in [1.82, 2.24) is 9.80 Å². The molecule has 0 aliphatic carbocycles. The summed E-state index contributed by atoms with van der Waals surface area (Å²) in [5.74, 6) is -0.487. The van der Waals surface area contributed by atoms with Crippen LogP contribution in [-0.2, 0) is 9.59 Å². The summed E-state index contributed by atoms with van der Waals surface area (Å²) in [5, 5.41) is 8.43. The summed E-state index contributed by atoms with van der Waals surface area (Å²) in [4.78, 5) is 25.0. The summed E-state index contributed by atoms with van der Waals surface area (Å²) in [6.07, 6.45) is -0.134. The van der Waals surface area contributed by atoms with Crippen LogP contribution in [0.4, 0.5) is 0 Å². The van der Waals surface area contributed by atoms with Crippen molar-refractivity contribution < 1.29 is 9.59 Å². The van der Waals surface area contributed by atoms with Gasteiger partial charge in [0.1, 0.15) is 12.5 Å². The molecule has 0 aromatic rings. The van der Waals surface area contributed by atoms with Gasteiger partial charge in [0.2, 0.25) is 11.8 Å². The lowest BCUT2D eigenvalue weighted by Crippen LogP contribution is -2.27. The summed E-state index contributed by atoms with van der Waals surface area (Å²) in [5.41, 5.74) is 0. The largest absolute Gasteiger partial charge is 0.348 e. The van der Waals surface area contributed by atoms with Gasteiger partial charge < -0.3 is 9.80 Å². The summed E-state index contributed by atoms with van der Waals surface area (Å²) >= 11 is 0. The number of hydrogen-bond acceptors (Lipinski definition) is 3. The van der Waals surface area contributed by atoms with Gasteiger partial charge >= 0.3 is 0 Å². The van der Waals surface area contributed by atoms with Gasteiger partial charge in [0, 0.05) is 14.1 Å². The minimum Gasteiger partial charge on any atom is -0.348 e. The molecule has 70 valence electrons. The van der Waals surface area contributed by atoms with E-state index in [9.17, 15) is 9.59 Å². The predicted octanol–water partition coefficient (Wildman–Crippen LogP) is -0.801. The maximum absolute atomic E-state index is 11.2. The first-order valence-corrected chi connectivity index (χ1v) is 3.95. The predicted molar refractivity (Wildman–Crippen MR) is 44.4 cm³/mol. The molecule has 0 aromatic carbocycles. The number of carbonyl (C=O) groups excluding carboxylic acids is 2. The fraction of sp³-hybridized carbons (Fsp3) is 0.625. The Morgan fingerprint density at radius 1 is 1.62 bits per heavy atom. The SMILES string of the molecule is CN(C)C(=O)CC(=O)N1CC1C#N. The van der Waals surface area contributed by atoms with Crippen molar-refractivity contribution in [2.24, 2.45) is 0 Å². The fourth-order valence-corrected chi connectivity index (χ4v) is 0.914. The monoisotopic (exact) mass is 181 g/mol. The molecular weight excluding hydrogens is 170 g/mol. The van der Waals surface area contributed by atoms with E-state index in [1.54, 1.807) is 14.1 Å². The highest BCUT2D eigenvalue weighted by molar-refractivity contribution is 5.97. The maximum atomic E-state index is 11.2. The van der Waals surface area contributed by atoms with Crippen LogP contribution in [0.25, 0.3) is 0 Å². The van der Waals surface area contributed by atoms with Crippen molar-refractivity contribution in [3.63, 3.8) is 0 Å². The Balaban J connectivity index is 2.36. The Morgan fingerprint density at radius 2 is 2.23 bits per heavy atom. The third-order valence-electron chi connectivity index (χ3n) is 1.88. The molecule has 0 radical (unpaired) electrons. The smallest absolute Gasteiger partial charge is 0.233 e. The van der Waals surface area contributed by atoms with E-state index in [1.165, 1.54) is 9.80 Å². The van der Waals surface area contributed by atoms with Crippen molar-refractivity contribution in [1.29, 1.82) is 5.26 Å². The van der Waals surface area contributed by atoms with Crippen molar-refractivity contribution in [3.05, 3.63) is 0 Å².